The van der Waals surface area contributed by atoms with E-state index < -0.39 is 42.1 Å². The molecule has 0 saturated carbocycles. The molecule has 216 valence electrons. The zero-order chi connectivity index (χ0) is 29.1. The molecule has 4 rings (SSSR count). The van der Waals surface area contributed by atoms with Gasteiger partial charge in [0.2, 0.25) is 0 Å². The van der Waals surface area contributed by atoms with Gasteiger partial charge in [0.05, 0.1) is 32.5 Å². The first kappa shape index (κ1) is 30.2. The summed E-state index contributed by atoms with van der Waals surface area (Å²) in [7, 11) is 0. The van der Waals surface area contributed by atoms with E-state index >= 15 is 0 Å². The molecule has 41 heavy (non-hydrogen) atoms. The molecule has 0 amide bonds. The van der Waals surface area contributed by atoms with E-state index in [1.807, 2.05) is 91.0 Å². The Hall–Kier alpha value is -3.72. The molecule has 0 bridgehead atoms. The van der Waals surface area contributed by atoms with Crippen LogP contribution in [0.1, 0.15) is 37.5 Å². The van der Waals surface area contributed by atoms with Crippen molar-refractivity contribution < 1.29 is 28.5 Å². The molecule has 1 aliphatic rings. The van der Waals surface area contributed by atoms with Crippen molar-refractivity contribution >= 4 is 5.97 Å². The van der Waals surface area contributed by atoms with Crippen molar-refractivity contribution in [2.45, 2.75) is 76.7 Å². The van der Waals surface area contributed by atoms with Gasteiger partial charge in [0.25, 0.3) is 0 Å². The highest BCUT2D eigenvalue weighted by Crippen LogP contribution is 2.32. The second kappa shape index (κ2) is 14.8. The van der Waals surface area contributed by atoms with Crippen LogP contribution in [0, 0.1) is 0 Å². The van der Waals surface area contributed by atoms with Gasteiger partial charge in [0.15, 0.2) is 6.10 Å². The molecular weight excluding hydrogens is 522 g/mol. The van der Waals surface area contributed by atoms with Gasteiger partial charge in [-0.2, -0.15) is 0 Å². The molecule has 0 spiro atoms. The fourth-order valence-corrected chi connectivity index (χ4v) is 4.60. The van der Waals surface area contributed by atoms with E-state index in [9.17, 15) is 4.79 Å². The lowest BCUT2D eigenvalue weighted by atomic mass is 9.93. The first-order valence-corrected chi connectivity index (χ1v) is 13.7. The number of hydrogen-bond donors (Lipinski definition) is 0. The van der Waals surface area contributed by atoms with Crippen LogP contribution < -0.4 is 0 Å². The van der Waals surface area contributed by atoms with Gasteiger partial charge in [0.1, 0.15) is 23.9 Å². The van der Waals surface area contributed by atoms with Gasteiger partial charge in [-0.25, -0.2) is 4.79 Å². The van der Waals surface area contributed by atoms with Crippen LogP contribution in [0.2, 0.25) is 0 Å². The summed E-state index contributed by atoms with van der Waals surface area (Å²) in [6.45, 7) is 6.03. The molecule has 9 nitrogen and oxygen atoms in total. The molecule has 3 aromatic carbocycles. The molecule has 1 aliphatic heterocycles. The Morgan fingerprint density at radius 3 is 1.63 bits per heavy atom. The summed E-state index contributed by atoms with van der Waals surface area (Å²) >= 11 is 0. The lowest BCUT2D eigenvalue weighted by Gasteiger charge is -2.45. The van der Waals surface area contributed by atoms with Crippen LogP contribution in [0.15, 0.2) is 96.1 Å². The average molecular weight is 560 g/mol. The third kappa shape index (κ3) is 9.14. The minimum absolute atomic E-state index is 0.0636. The summed E-state index contributed by atoms with van der Waals surface area (Å²) in [5.41, 5.74) is 11.2. The molecule has 5 atom stereocenters. The fraction of sp³-hybridized carbons (Fsp3) is 0.406. The number of carbonyl (C=O) groups excluding carboxylic acids is 1. The topological polar surface area (TPSA) is 112 Å². The normalized spacial score (nSPS) is 22.5. The summed E-state index contributed by atoms with van der Waals surface area (Å²) in [4.78, 5) is 16.5. The number of hydrogen-bond acceptors (Lipinski definition) is 7. The van der Waals surface area contributed by atoms with Gasteiger partial charge in [-0.15, -0.1) is 0 Å². The number of carbonyl (C=O) groups is 1. The molecule has 9 heteroatoms. The number of azide groups is 1. The van der Waals surface area contributed by atoms with Crippen molar-refractivity contribution in [3.05, 3.63) is 118 Å². The Balaban J connectivity index is 1.69. The SMILES string of the molecule is CC(C)(C)OC(=O)[C@H]1O[C@@H](CN=[N+]=[N-])[C@H](OCc2ccccc2)[C@@H](OCc2ccccc2)[C@@H]1OCc1ccccc1. The van der Waals surface area contributed by atoms with Crippen LogP contribution in [-0.2, 0) is 48.3 Å². The highest BCUT2D eigenvalue weighted by Gasteiger charge is 2.51. The average Bonchev–Trinajstić information content (AvgIpc) is 2.97. The molecular formula is C32H37N3O6. The minimum Gasteiger partial charge on any atom is -0.458 e. The summed E-state index contributed by atoms with van der Waals surface area (Å²) < 4.78 is 31.4. The largest absolute Gasteiger partial charge is 0.458 e. The predicted molar refractivity (Wildman–Crippen MR) is 154 cm³/mol. The summed E-state index contributed by atoms with van der Waals surface area (Å²) in [5.74, 6) is -0.587. The number of rotatable bonds is 12. The molecule has 0 aliphatic carbocycles. The quantitative estimate of drug-likeness (QED) is 0.114. The number of nitrogens with zero attached hydrogens (tertiary/aromatic N) is 3. The molecule has 1 fully saturated rings. The smallest absolute Gasteiger partial charge is 0.338 e. The van der Waals surface area contributed by atoms with Gasteiger partial charge in [-0.05, 0) is 43.0 Å². The van der Waals surface area contributed by atoms with Gasteiger partial charge in [-0.3, -0.25) is 0 Å². The number of esters is 1. The Labute approximate surface area is 241 Å². The molecule has 0 aromatic heterocycles. The second-order valence-corrected chi connectivity index (χ2v) is 10.8. The predicted octanol–water partition coefficient (Wildman–Crippen LogP) is 6.16. The number of ether oxygens (including phenoxy) is 5. The highest BCUT2D eigenvalue weighted by molar-refractivity contribution is 5.76. The zero-order valence-electron chi connectivity index (χ0n) is 23.7. The summed E-state index contributed by atoms with van der Waals surface area (Å²) in [5, 5.41) is 3.77. The van der Waals surface area contributed by atoms with Crippen LogP contribution in [0.4, 0.5) is 0 Å². The van der Waals surface area contributed by atoms with E-state index in [2.05, 4.69) is 10.0 Å². The van der Waals surface area contributed by atoms with Crippen molar-refractivity contribution in [1.29, 1.82) is 0 Å². The van der Waals surface area contributed by atoms with Crippen LogP contribution >= 0.6 is 0 Å². The third-order valence-electron chi connectivity index (χ3n) is 6.45. The maximum atomic E-state index is 13.5. The van der Waals surface area contributed by atoms with Gasteiger partial charge in [-0.1, -0.05) is 96.1 Å². The lowest BCUT2D eigenvalue weighted by molar-refractivity contribution is -0.266. The zero-order valence-corrected chi connectivity index (χ0v) is 23.7. The Kier molecular flexibility index (Phi) is 10.9. The number of benzene rings is 3. The van der Waals surface area contributed by atoms with Crippen LogP contribution in [0.25, 0.3) is 10.4 Å². The van der Waals surface area contributed by atoms with E-state index in [1.54, 1.807) is 20.8 Å². The maximum absolute atomic E-state index is 13.5. The fourth-order valence-electron chi connectivity index (χ4n) is 4.60. The summed E-state index contributed by atoms with van der Waals surface area (Å²) in [6.07, 6.45) is -4.29. The van der Waals surface area contributed by atoms with Gasteiger partial charge < -0.3 is 23.7 Å². The molecule has 1 saturated heterocycles. The molecule has 0 unspecified atom stereocenters. The molecule has 3 aromatic rings. The Morgan fingerprint density at radius 2 is 1.20 bits per heavy atom. The summed E-state index contributed by atoms with van der Waals surface area (Å²) in [6, 6.07) is 29.1. The monoisotopic (exact) mass is 559 g/mol. The maximum Gasteiger partial charge on any atom is 0.338 e. The standard InChI is InChI=1S/C32H37N3O6/c1-32(2,3)41-31(36)30-29(39-22-25-17-11-6-12-18-25)28(38-21-24-15-9-5-10-16-24)27(26(40-30)19-34-35-33)37-20-23-13-7-4-8-14-23/h4-18,26-30H,19-22H2,1-3H3/t26-,27-,28+,29-,30-/m0/s1. The van der Waals surface area contributed by atoms with E-state index in [0.29, 0.717) is 0 Å². The minimum atomic E-state index is -1.14. The van der Waals surface area contributed by atoms with Crippen molar-refractivity contribution in [3.8, 4) is 0 Å². The van der Waals surface area contributed by atoms with Crippen LogP contribution in [-0.4, -0.2) is 48.6 Å². The van der Waals surface area contributed by atoms with Crippen molar-refractivity contribution in [2.75, 3.05) is 6.54 Å². The van der Waals surface area contributed by atoms with E-state index in [1.165, 1.54) is 0 Å². The second-order valence-electron chi connectivity index (χ2n) is 10.8. The lowest BCUT2D eigenvalue weighted by Crippen LogP contribution is -2.63. The van der Waals surface area contributed by atoms with Crippen LogP contribution in [0.5, 0.6) is 0 Å². The van der Waals surface area contributed by atoms with Gasteiger partial charge in [0, 0.05) is 4.91 Å². The first-order chi connectivity index (χ1) is 19.8. The van der Waals surface area contributed by atoms with Gasteiger partial charge >= 0.3 is 5.97 Å². The van der Waals surface area contributed by atoms with Crippen molar-refractivity contribution in [1.82, 2.24) is 0 Å². The third-order valence-corrected chi connectivity index (χ3v) is 6.45. The molecule has 0 radical (unpaired) electrons. The van der Waals surface area contributed by atoms with Crippen LogP contribution in [0.3, 0.4) is 0 Å². The van der Waals surface area contributed by atoms with E-state index in [0.717, 1.165) is 16.7 Å². The molecule has 0 N–H and O–H groups in total. The van der Waals surface area contributed by atoms with Crippen molar-refractivity contribution in [2.24, 2.45) is 5.11 Å². The van der Waals surface area contributed by atoms with E-state index in [4.69, 9.17) is 29.2 Å². The highest BCUT2D eigenvalue weighted by atomic mass is 16.6. The van der Waals surface area contributed by atoms with Crippen molar-refractivity contribution in [3.63, 3.8) is 0 Å². The molecule has 1 heterocycles. The Bertz CT molecular complexity index is 1260. The van der Waals surface area contributed by atoms with E-state index in [-0.39, 0.29) is 26.4 Å². The Morgan fingerprint density at radius 1 is 0.756 bits per heavy atom. The first-order valence-electron chi connectivity index (χ1n) is 13.7.